The van der Waals surface area contributed by atoms with E-state index in [0.717, 1.165) is 6.92 Å². The molecule has 23 nitrogen and oxygen atoms in total. The third-order valence-corrected chi connectivity index (χ3v) is 6.85. The Morgan fingerprint density at radius 3 is 0.902 bits per heavy atom. The molecule has 0 unspecified atom stereocenters. The number of carbonyl (C=O) groups excluding carboxylic acids is 5. The number of rotatable bonds is 26. The second-order valence-corrected chi connectivity index (χ2v) is 11.1. The fourth-order valence-electron chi connectivity index (χ4n) is 4.03. The molecule has 23 heteroatoms. The Morgan fingerprint density at radius 1 is 0.412 bits per heavy atom. The molecule has 0 bridgehead atoms. The molecule has 286 valence electrons. The highest BCUT2D eigenvalue weighted by atomic mass is 16.4. The predicted octanol–water partition coefficient (Wildman–Crippen LogP) is -3.83. The summed E-state index contributed by atoms with van der Waals surface area (Å²) in [5.74, 6) is -14.4. The Labute approximate surface area is 288 Å². The standard InChI is InChI=1S/C28H42N6O17/c1-12(28(50)51)30-24(46)14(3-8-19(37)38)32-26(48)16(5-10-21(41)42)34-27(49)17(6-11-22(43)44)33-25(47)15(4-9-20(39)40)31-23(45)13(29)2-7-18(35)36/h12-17H,2-11,29H2,1H3,(H,30,46)(H,31,45)(H,32,48)(H,33,47)(H,34,49)(H,35,36)(H,37,38)(H,39,40)(H,41,42)(H,43,44)(H,50,51)/t12-,13-,14-,15-,16-,17-/m0/s1. The van der Waals surface area contributed by atoms with Crippen LogP contribution in [0.5, 0.6) is 0 Å². The van der Waals surface area contributed by atoms with Crippen molar-refractivity contribution >= 4 is 65.4 Å². The molecule has 0 aromatic heterocycles. The van der Waals surface area contributed by atoms with Gasteiger partial charge >= 0.3 is 35.8 Å². The summed E-state index contributed by atoms with van der Waals surface area (Å²) < 4.78 is 0. The van der Waals surface area contributed by atoms with Crippen LogP contribution in [-0.4, -0.2) is 132 Å². The van der Waals surface area contributed by atoms with Crippen LogP contribution in [0.4, 0.5) is 0 Å². The lowest BCUT2D eigenvalue weighted by Crippen LogP contribution is -2.59. The van der Waals surface area contributed by atoms with Gasteiger partial charge in [0, 0.05) is 32.1 Å². The van der Waals surface area contributed by atoms with Gasteiger partial charge in [0.25, 0.3) is 0 Å². The van der Waals surface area contributed by atoms with Crippen LogP contribution in [0.1, 0.15) is 71.1 Å². The zero-order valence-corrected chi connectivity index (χ0v) is 27.3. The third-order valence-electron chi connectivity index (χ3n) is 6.85. The second kappa shape index (κ2) is 22.7. The Morgan fingerprint density at radius 2 is 0.647 bits per heavy atom. The van der Waals surface area contributed by atoms with Gasteiger partial charge < -0.3 is 63.0 Å². The van der Waals surface area contributed by atoms with Gasteiger partial charge in [-0.05, 0) is 39.0 Å². The number of nitrogens with two attached hydrogens (primary N) is 1. The quantitative estimate of drug-likeness (QED) is 0.0405. The third kappa shape index (κ3) is 19.7. The van der Waals surface area contributed by atoms with E-state index in [2.05, 4.69) is 21.3 Å². The Hall–Kier alpha value is -5.87. The van der Waals surface area contributed by atoms with Crippen LogP contribution >= 0.6 is 0 Å². The highest BCUT2D eigenvalue weighted by molar-refractivity contribution is 5.97. The van der Waals surface area contributed by atoms with E-state index in [-0.39, 0.29) is 6.42 Å². The molecular weight excluding hydrogens is 692 g/mol. The van der Waals surface area contributed by atoms with Crippen molar-refractivity contribution in [1.82, 2.24) is 26.6 Å². The van der Waals surface area contributed by atoms with Gasteiger partial charge in [-0.2, -0.15) is 0 Å². The van der Waals surface area contributed by atoms with E-state index in [1.54, 1.807) is 0 Å². The maximum Gasteiger partial charge on any atom is 0.325 e. The lowest BCUT2D eigenvalue weighted by molar-refractivity contribution is -0.142. The minimum absolute atomic E-state index is 0.366. The molecule has 0 rings (SSSR count). The molecule has 0 aliphatic heterocycles. The van der Waals surface area contributed by atoms with E-state index >= 15 is 0 Å². The van der Waals surface area contributed by atoms with Crippen molar-refractivity contribution in [1.29, 1.82) is 0 Å². The van der Waals surface area contributed by atoms with Crippen LogP contribution in [0.2, 0.25) is 0 Å². The number of aliphatic carboxylic acids is 6. The number of nitrogens with one attached hydrogen (secondary N) is 5. The van der Waals surface area contributed by atoms with Crippen LogP contribution in [0, 0.1) is 0 Å². The summed E-state index contributed by atoms with van der Waals surface area (Å²) in [6.45, 7) is 1.07. The SMILES string of the molecule is C[C@H](NC(=O)[C@H](CCC(=O)O)NC(=O)[C@H](CCC(=O)O)NC(=O)[C@H](CCC(=O)O)NC(=O)[C@H](CCC(=O)O)NC(=O)[C@@H](N)CCC(=O)O)C(=O)O. The summed E-state index contributed by atoms with van der Waals surface area (Å²) in [6, 6.07) is -9.95. The van der Waals surface area contributed by atoms with E-state index in [1.807, 2.05) is 5.32 Å². The zero-order chi connectivity index (χ0) is 39.4. The van der Waals surface area contributed by atoms with Crippen molar-refractivity contribution in [2.75, 3.05) is 0 Å². The van der Waals surface area contributed by atoms with Crippen LogP contribution in [0.25, 0.3) is 0 Å². The molecule has 6 atom stereocenters. The number of carboxylic acids is 6. The van der Waals surface area contributed by atoms with Gasteiger partial charge in [-0.15, -0.1) is 0 Å². The topological polar surface area (TPSA) is 395 Å². The first-order valence-electron chi connectivity index (χ1n) is 15.2. The minimum atomic E-state index is -1.82. The predicted molar refractivity (Wildman–Crippen MR) is 165 cm³/mol. The smallest absolute Gasteiger partial charge is 0.325 e. The van der Waals surface area contributed by atoms with Crippen molar-refractivity contribution < 1.29 is 83.4 Å². The van der Waals surface area contributed by atoms with Crippen molar-refractivity contribution in [3.05, 3.63) is 0 Å². The second-order valence-electron chi connectivity index (χ2n) is 11.1. The van der Waals surface area contributed by atoms with E-state index in [0.29, 0.717) is 0 Å². The fraction of sp³-hybridized carbons (Fsp3) is 0.607. The molecule has 0 saturated heterocycles. The highest BCUT2D eigenvalue weighted by Gasteiger charge is 2.33. The zero-order valence-electron chi connectivity index (χ0n) is 27.3. The first-order chi connectivity index (χ1) is 23.6. The van der Waals surface area contributed by atoms with Gasteiger partial charge in [-0.1, -0.05) is 0 Å². The van der Waals surface area contributed by atoms with E-state index in [9.17, 15) is 63.0 Å². The van der Waals surface area contributed by atoms with Gasteiger partial charge in [0.15, 0.2) is 0 Å². The van der Waals surface area contributed by atoms with Gasteiger partial charge in [0.2, 0.25) is 29.5 Å². The molecule has 0 aliphatic rings. The van der Waals surface area contributed by atoms with Gasteiger partial charge in [0.1, 0.15) is 30.2 Å². The summed E-state index contributed by atoms with van der Waals surface area (Å²) in [7, 11) is 0. The molecule has 0 aromatic carbocycles. The highest BCUT2D eigenvalue weighted by Crippen LogP contribution is 2.08. The van der Waals surface area contributed by atoms with Crippen LogP contribution < -0.4 is 32.3 Å². The molecular formula is C28H42N6O17. The Balaban J connectivity index is 6.29. The summed E-state index contributed by atoms with van der Waals surface area (Å²) in [5, 5.41) is 64.9. The molecule has 51 heavy (non-hydrogen) atoms. The van der Waals surface area contributed by atoms with E-state index in [1.165, 1.54) is 0 Å². The molecule has 5 amide bonds. The van der Waals surface area contributed by atoms with Crippen molar-refractivity contribution in [2.45, 2.75) is 107 Å². The maximum absolute atomic E-state index is 13.3. The van der Waals surface area contributed by atoms with Crippen LogP contribution in [0.15, 0.2) is 0 Å². The number of carbonyl (C=O) groups is 11. The molecule has 0 aliphatic carbocycles. The maximum atomic E-state index is 13.3. The van der Waals surface area contributed by atoms with Gasteiger partial charge in [-0.3, -0.25) is 52.7 Å². The molecule has 0 heterocycles. The number of amides is 5. The summed E-state index contributed by atoms with van der Waals surface area (Å²) in [4.78, 5) is 132. The Bertz CT molecular complexity index is 1340. The van der Waals surface area contributed by atoms with Crippen LogP contribution in [0.3, 0.4) is 0 Å². The molecule has 0 radical (unpaired) electrons. The number of hydrogen-bond acceptors (Lipinski definition) is 12. The summed E-state index contributed by atoms with van der Waals surface area (Å²) >= 11 is 0. The molecule has 0 fully saturated rings. The molecule has 0 saturated carbocycles. The van der Waals surface area contributed by atoms with Gasteiger partial charge in [0.05, 0.1) is 6.04 Å². The van der Waals surface area contributed by atoms with Crippen molar-refractivity contribution in [3.63, 3.8) is 0 Å². The average molecular weight is 735 g/mol. The normalized spacial score (nSPS) is 14.2. The molecule has 0 aromatic rings. The lowest BCUT2D eigenvalue weighted by atomic mass is 10.0. The van der Waals surface area contributed by atoms with Crippen molar-refractivity contribution in [3.8, 4) is 0 Å². The van der Waals surface area contributed by atoms with E-state index < -0.39 is 159 Å². The first kappa shape index (κ1) is 45.1. The van der Waals surface area contributed by atoms with Crippen molar-refractivity contribution in [2.24, 2.45) is 5.73 Å². The van der Waals surface area contributed by atoms with Gasteiger partial charge in [-0.25, -0.2) is 0 Å². The molecule has 0 spiro atoms. The Kier molecular flexibility index (Phi) is 20.1. The number of hydrogen-bond donors (Lipinski definition) is 12. The lowest BCUT2D eigenvalue weighted by Gasteiger charge is -2.26. The summed E-state index contributed by atoms with van der Waals surface area (Å²) in [6.07, 6.45) is -6.28. The largest absolute Gasteiger partial charge is 0.481 e. The molecule has 13 N–H and O–H groups in total. The van der Waals surface area contributed by atoms with E-state index in [4.69, 9.17) is 26.2 Å². The average Bonchev–Trinajstić information content (AvgIpc) is 3.02. The number of carboxylic acid groups (broad SMARTS) is 6. The summed E-state index contributed by atoms with van der Waals surface area (Å²) in [5.41, 5.74) is 5.64. The van der Waals surface area contributed by atoms with Crippen LogP contribution in [-0.2, 0) is 52.7 Å². The monoisotopic (exact) mass is 734 g/mol. The fourth-order valence-corrected chi connectivity index (χ4v) is 4.03. The minimum Gasteiger partial charge on any atom is -0.481 e. The first-order valence-corrected chi connectivity index (χ1v) is 15.2.